The van der Waals surface area contributed by atoms with Gasteiger partial charge in [0.25, 0.3) is 0 Å². The van der Waals surface area contributed by atoms with Crippen molar-refractivity contribution in [1.29, 1.82) is 0 Å². The summed E-state index contributed by atoms with van der Waals surface area (Å²) in [5.74, 6) is -0.163. The Labute approximate surface area is 125 Å². The van der Waals surface area contributed by atoms with E-state index in [1.54, 1.807) is 11.0 Å². The van der Waals surface area contributed by atoms with Crippen LogP contribution < -0.4 is 5.73 Å². The second-order valence-electron chi connectivity index (χ2n) is 6.56. The molecule has 4 nitrogen and oxygen atoms in total. The van der Waals surface area contributed by atoms with Crippen LogP contribution in [-0.2, 0) is 4.74 Å². The van der Waals surface area contributed by atoms with Crippen LogP contribution >= 0.6 is 0 Å². The topological polar surface area (TPSA) is 55.6 Å². The predicted octanol–water partition coefficient (Wildman–Crippen LogP) is 3.08. The van der Waals surface area contributed by atoms with Crippen molar-refractivity contribution in [3.63, 3.8) is 0 Å². The summed E-state index contributed by atoms with van der Waals surface area (Å²) >= 11 is 0. The van der Waals surface area contributed by atoms with Crippen LogP contribution in [0.2, 0.25) is 0 Å². The molecule has 2 N–H and O–H groups in total. The molecule has 116 valence electrons. The van der Waals surface area contributed by atoms with Crippen LogP contribution in [0.4, 0.5) is 9.18 Å². The van der Waals surface area contributed by atoms with Crippen LogP contribution in [0.5, 0.6) is 0 Å². The van der Waals surface area contributed by atoms with E-state index < -0.39 is 5.60 Å². The Kier molecular flexibility index (Phi) is 4.52. The van der Waals surface area contributed by atoms with Crippen LogP contribution in [0, 0.1) is 11.7 Å². The predicted molar refractivity (Wildman–Crippen MR) is 79.2 cm³/mol. The van der Waals surface area contributed by atoms with Gasteiger partial charge in [0.1, 0.15) is 11.4 Å². The van der Waals surface area contributed by atoms with Gasteiger partial charge in [-0.15, -0.1) is 0 Å². The highest BCUT2D eigenvalue weighted by Gasteiger charge is 2.33. The molecule has 1 heterocycles. The normalized spacial score (nSPS) is 20.4. The molecular weight excluding hydrogens is 271 g/mol. The second kappa shape index (κ2) is 6.02. The summed E-state index contributed by atoms with van der Waals surface area (Å²) in [7, 11) is 0. The van der Waals surface area contributed by atoms with Crippen LogP contribution in [0.25, 0.3) is 0 Å². The highest BCUT2D eigenvalue weighted by atomic mass is 19.1. The number of carbonyl (C=O) groups excluding carboxylic acids is 1. The molecule has 1 amide bonds. The highest BCUT2D eigenvalue weighted by molar-refractivity contribution is 5.68. The first-order valence-corrected chi connectivity index (χ1v) is 7.25. The SMILES string of the molecule is CC(C)(C)OC(=O)N1CCC(C(N)c2cccc(F)c2)C1. The van der Waals surface area contributed by atoms with Gasteiger partial charge in [0.2, 0.25) is 0 Å². The van der Waals surface area contributed by atoms with Crippen LogP contribution in [-0.4, -0.2) is 29.7 Å². The number of likely N-dealkylation sites (tertiary alicyclic amines) is 1. The number of hydrogen-bond acceptors (Lipinski definition) is 3. The smallest absolute Gasteiger partial charge is 0.410 e. The van der Waals surface area contributed by atoms with Crippen molar-refractivity contribution in [2.45, 2.75) is 38.8 Å². The van der Waals surface area contributed by atoms with E-state index in [9.17, 15) is 9.18 Å². The van der Waals surface area contributed by atoms with Gasteiger partial charge in [0.15, 0.2) is 0 Å². The van der Waals surface area contributed by atoms with Crippen LogP contribution in [0.1, 0.15) is 38.8 Å². The summed E-state index contributed by atoms with van der Waals surface area (Å²) in [6, 6.07) is 6.07. The van der Waals surface area contributed by atoms with E-state index in [4.69, 9.17) is 10.5 Å². The van der Waals surface area contributed by atoms with Crippen molar-refractivity contribution >= 4 is 6.09 Å². The molecule has 1 aliphatic rings. The maximum atomic E-state index is 13.3. The van der Waals surface area contributed by atoms with Crippen molar-refractivity contribution in [3.8, 4) is 0 Å². The third-order valence-electron chi connectivity index (χ3n) is 3.62. The Balaban J connectivity index is 1.97. The van der Waals surface area contributed by atoms with Crippen molar-refractivity contribution in [2.24, 2.45) is 11.7 Å². The average molecular weight is 294 g/mol. The van der Waals surface area contributed by atoms with Crippen molar-refractivity contribution < 1.29 is 13.9 Å². The Morgan fingerprint density at radius 1 is 1.48 bits per heavy atom. The zero-order chi connectivity index (χ0) is 15.6. The van der Waals surface area contributed by atoms with Gasteiger partial charge in [-0.1, -0.05) is 12.1 Å². The highest BCUT2D eigenvalue weighted by Crippen LogP contribution is 2.29. The van der Waals surface area contributed by atoms with E-state index in [-0.39, 0.29) is 23.9 Å². The molecule has 1 saturated heterocycles. The number of benzene rings is 1. The zero-order valence-corrected chi connectivity index (χ0v) is 12.8. The van der Waals surface area contributed by atoms with Crippen molar-refractivity contribution in [3.05, 3.63) is 35.6 Å². The standard InChI is InChI=1S/C16H23FN2O2/c1-16(2,3)21-15(20)19-8-7-12(10-19)14(18)11-5-4-6-13(17)9-11/h4-6,9,12,14H,7-8,10,18H2,1-3H3. The number of hydrogen-bond donors (Lipinski definition) is 1. The number of halogens is 1. The summed E-state index contributed by atoms with van der Waals surface area (Å²) < 4.78 is 18.6. The Hall–Kier alpha value is -1.62. The van der Waals surface area contributed by atoms with Gasteiger partial charge in [0, 0.05) is 19.1 Å². The number of nitrogens with two attached hydrogens (primary N) is 1. The maximum absolute atomic E-state index is 13.3. The first-order chi connectivity index (χ1) is 9.76. The number of carbonyl (C=O) groups is 1. The minimum atomic E-state index is -0.500. The van der Waals surface area contributed by atoms with Gasteiger partial charge in [-0.2, -0.15) is 0 Å². The molecule has 0 aromatic heterocycles. The first-order valence-electron chi connectivity index (χ1n) is 7.25. The van der Waals surface area contributed by atoms with Gasteiger partial charge >= 0.3 is 6.09 Å². The monoisotopic (exact) mass is 294 g/mol. The molecule has 2 rings (SSSR count). The van der Waals surface area contributed by atoms with Crippen molar-refractivity contribution in [1.82, 2.24) is 4.90 Å². The number of ether oxygens (including phenoxy) is 1. The average Bonchev–Trinajstić information content (AvgIpc) is 2.85. The summed E-state index contributed by atoms with van der Waals surface area (Å²) in [5.41, 5.74) is 6.48. The van der Waals surface area contributed by atoms with Gasteiger partial charge in [0.05, 0.1) is 0 Å². The summed E-state index contributed by atoms with van der Waals surface area (Å²) in [5, 5.41) is 0. The Bertz CT molecular complexity index is 513. The summed E-state index contributed by atoms with van der Waals surface area (Å²) in [6.07, 6.45) is 0.494. The lowest BCUT2D eigenvalue weighted by atomic mass is 9.93. The van der Waals surface area contributed by atoms with E-state index in [0.29, 0.717) is 13.1 Å². The van der Waals surface area contributed by atoms with E-state index in [0.717, 1.165) is 12.0 Å². The van der Waals surface area contributed by atoms with Gasteiger partial charge in [-0.25, -0.2) is 9.18 Å². The number of rotatable bonds is 2. The van der Waals surface area contributed by atoms with E-state index >= 15 is 0 Å². The number of nitrogens with zero attached hydrogens (tertiary/aromatic N) is 1. The van der Waals surface area contributed by atoms with Crippen molar-refractivity contribution in [2.75, 3.05) is 13.1 Å². The van der Waals surface area contributed by atoms with Crippen LogP contribution in [0.3, 0.4) is 0 Å². The van der Waals surface area contributed by atoms with E-state index in [1.807, 2.05) is 26.8 Å². The zero-order valence-electron chi connectivity index (χ0n) is 12.8. The third kappa shape index (κ3) is 4.17. The molecule has 0 saturated carbocycles. The summed E-state index contributed by atoms with van der Waals surface area (Å²) in [4.78, 5) is 13.7. The lowest BCUT2D eigenvalue weighted by molar-refractivity contribution is 0.0286. The van der Waals surface area contributed by atoms with Gasteiger partial charge < -0.3 is 15.4 Å². The fourth-order valence-electron chi connectivity index (χ4n) is 2.56. The second-order valence-corrected chi connectivity index (χ2v) is 6.56. The Morgan fingerprint density at radius 2 is 2.19 bits per heavy atom. The Morgan fingerprint density at radius 3 is 2.81 bits per heavy atom. The minimum Gasteiger partial charge on any atom is -0.444 e. The first kappa shape index (κ1) is 15.8. The van der Waals surface area contributed by atoms with E-state index in [1.165, 1.54) is 12.1 Å². The van der Waals surface area contributed by atoms with Gasteiger partial charge in [-0.3, -0.25) is 0 Å². The fraction of sp³-hybridized carbons (Fsp3) is 0.562. The molecule has 0 radical (unpaired) electrons. The quantitative estimate of drug-likeness (QED) is 0.912. The molecule has 0 aliphatic carbocycles. The summed E-state index contributed by atoms with van der Waals surface area (Å²) in [6.45, 7) is 6.71. The molecular formula is C16H23FN2O2. The lowest BCUT2D eigenvalue weighted by Gasteiger charge is -2.25. The molecule has 0 bridgehead atoms. The largest absolute Gasteiger partial charge is 0.444 e. The van der Waals surface area contributed by atoms with E-state index in [2.05, 4.69) is 0 Å². The molecule has 21 heavy (non-hydrogen) atoms. The van der Waals surface area contributed by atoms with Gasteiger partial charge in [-0.05, 0) is 50.8 Å². The molecule has 1 aliphatic heterocycles. The lowest BCUT2D eigenvalue weighted by Crippen LogP contribution is -2.36. The fourth-order valence-corrected chi connectivity index (χ4v) is 2.56. The third-order valence-corrected chi connectivity index (χ3v) is 3.62. The molecule has 1 aromatic carbocycles. The molecule has 5 heteroatoms. The number of amides is 1. The molecule has 2 atom stereocenters. The minimum absolute atomic E-state index is 0.124. The molecule has 2 unspecified atom stereocenters. The maximum Gasteiger partial charge on any atom is 0.410 e. The molecule has 0 spiro atoms. The molecule has 1 aromatic rings. The van der Waals surface area contributed by atoms with Crippen LogP contribution in [0.15, 0.2) is 24.3 Å². The molecule has 1 fully saturated rings.